The molecule has 3 atom stereocenters. The van der Waals surface area contributed by atoms with Gasteiger partial charge in [-0.05, 0) is 74.9 Å². The quantitative estimate of drug-likeness (QED) is 0.365. The number of nitrogens with one attached hydrogen (secondary N) is 1. The number of benzene rings is 3. The van der Waals surface area contributed by atoms with Crippen molar-refractivity contribution in [1.82, 2.24) is 19.7 Å². The molecule has 4 aromatic rings. The molecule has 1 saturated heterocycles. The van der Waals surface area contributed by atoms with Crippen molar-refractivity contribution in [3.8, 4) is 11.4 Å². The summed E-state index contributed by atoms with van der Waals surface area (Å²) >= 11 is 0. The first-order chi connectivity index (χ1) is 18.4. The van der Waals surface area contributed by atoms with Gasteiger partial charge in [-0.2, -0.15) is 5.10 Å². The van der Waals surface area contributed by atoms with Crippen LogP contribution in [0.15, 0.2) is 90.0 Å². The average Bonchev–Trinajstić information content (AvgIpc) is 3.34. The van der Waals surface area contributed by atoms with Crippen LogP contribution >= 0.6 is 0 Å². The van der Waals surface area contributed by atoms with Crippen LogP contribution < -0.4 is 20.8 Å². The summed E-state index contributed by atoms with van der Waals surface area (Å²) in [6, 6.07) is 25.9. The standard InChI is InChI=1S/C30H36N6O2/c1-22(32-23(2)25-7-5-4-6-8-25)24(3)36-30(38)35(21-31-36)28-11-9-26(10-12-28)33-17-19-34(20-18-33)27-13-15-29(37)16-14-27/h4-16,21-24,32,37H,17-20H2,1-3H3. The molecule has 198 valence electrons. The lowest BCUT2D eigenvalue weighted by Gasteiger charge is -2.37. The Kier molecular flexibility index (Phi) is 7.51. The highest BCUT2D eigenvalue weighted by atomic mass is 16.3. The molecule has 2 N–H and O–H groups in total. The van der Waals surface area contributed by atoms with Crippen molar-refractivity contribution in [2.24, 2.45) is 0 Å². The molecule has 0 spiro atoms. The van der Waals surface area contributed by atoms with Gasteiger partial charge < -0.3 is 20.2 Å². The van der Waals surface area contributed by atoms with Crippen LogP contribution in [0.3, 0.4) is 0 Å². The molecule has 1 aliphatic heterocycles. The zero-order valence-corrected chi connectivity index (χ0v) is 22.2. The van der Waals surface area contributed by atoms with Crippen LogP contribution in [-0.4, -0.2) is 51.7 Å². The number of piperazine rings is 1. The summed E-state index contributed by atoms with van der Waals surface area (Å²) in [5.74, 6) is 0.287. The number of phenols is 1. The Bertz CT molecular complexity index is 1370. The van der Waals surface area contributed by atoms with Crippen molar-refractivity contribution in [3.63, 3.8) is 0 Å². The molecule has 3 unspecified atom stereocenters. The topological polar surface area (TPSA) is 78.6 Å². The second kappa shape index (κ2) is 11.1. The molecule has 5 rings (SSSR count). The maximum Gasteiger partial charge on any atom is 0.350 e. The predicted octanol–water partition coefficient (Wildman–Crippen LogP) is 4.37. The monoisotopic (exact) mass is 512 g/mol. The van der Waals surface area contributed by atoms with Gasteiger partial charge >= 0.3 is 5.69 Å². The lowest BCUT2D eigenvalue weighted by Crippen LogP contribution is -2.46. The van der Waals surface area contributed by atoms with E-state index in [-0.39, 0.29) is 29.6 Å². The molecule has 1 fully saturated rings. The number of nitrogens with zero attached hydrogens (tertiary/aromatic N) is 5. The van der Waals surface area contributed by atoms with Crippen LogP contribution in [-0.2, 0) is 0 Å². The Labute approximate surface area is 223 Å². The summed E-state index contributed by atoms with van der Waals surface area (Å²) in [4.78, 5) is 17.9. The van der Waals surface area contributed by atoms with E-state index in [0.717, 1.165) is 43.2 Å². The number of hydrogen-bond donors (Lipinski definition) is 2. The van der Waals surface area contributed by atoms with Gasteiger partial charge in [-0.15, -0.1) is 0 Å². The summed E-state index contributed by atoms with van der Waals surface area (Å²) in [5, 5.41) is 17.6. The zero-order chi connectivity index (χ0) is 26.6. The van der Waals surface area contributed by atoms with Crippen LogP contribution in [0.2, 0.25) is 0 Å². The normalized spacial score (nSPS) is 16.3. The summed E-state index contributed by atoms with van der Waals surface area (Å²) in [6.45, 7) is 9.87. The van der Waals surface area contributed by atoms with Gasteiger partial charge in [0.25, 0.3) is 0 Å². The number of phenolic OH excluding ortho intramolecular Hbond substituents is 1. The van der Waals surface area contributed by atoms with Gasteiger partial charge in [0.05, 0.1) is 11.7 Å². The number of aromatic nitrogens is 3. The second-order valence-corrected chi connectivity index (χ2v) is 10.1. The molecule has 1 aliphatic rings. The van der Waals surface area contributed by atoms with E-state index < -0.39 is 0 Å². The minimum absolute atomic E-state index is 0.0499. The van der Waals surface area contributed by atoms with Crippen molar-refractivity contribution >= 4 is 11.4 Å². The van der Waals surface area contributed by atoms with Crippen LogP contribution in [0.1, 0.15) is 38.4 Å². The molecule has 0 radical (unpaired) electrons. The van der Waals surface area contributed by atoms with Gasteiger partial charge in [0.1, 0.15) is 12.1 Å². The molecule has 0 bridgehead atoms. The van der Waals surface area contributed by atoms with E-state index in [4.69, 9.17) is 0 Å². The molecule has 0 aliphatic carbocycles. The van der Waals surface area contributed by atoms with Crippen molar-refractivity contribution in [2.45, 2.75) is 38.9 Å². The first-order valence-electron chi connectivity index (χ1n) is 13.3. The van der Waals surface area contributed by atoms with Crippen LogP contribution in [0.25, 0.3) is 5.69 Å². The van der Waals surface area contributed by atoms with E-state index in [1.165, 1.54) is 5.56 Å². The number of rotatable bonds is 8. The Morgan fingerprint density at radius 1 is 0.763 bits per heavy atom. The van der Waals surface area contributed by atoms with E-state index in [1.807, 2.05) is 49.4 Å². The fourth-order valence-corrected chi connectivity index (χ4v) is 5.07. The largest absolute Gasteiger partial charge is 0.508 e. The Hall–Kier alpha value is -4.04. The van der Waals surface area contributed by atoms with E-state index in [9.17, 15) is 9.90 Å². The Morgan fingerprint density at radius 2 is 1.29 bits per heavy atom. The first-order valence-corrected chi connectivity index (χ1v) is 13.3. The highest BCUT2D eigenvalue weighted by Crippen LogP contribution is 2.23. The van der Waals surface area contributed by atoms with Crippen molar-refractivity contribution in [1.29, 1.82) is 0 Å². The predicted molar refractivity (Wildman–Crippen MR) is 153 cm³/mol. The van der Waals surface area contributed by atoms with Crippen molar-refractivity contribution in [3.05, 3.63) is 101 Å². The molecular formula is C30H36N6O2. The molecule has 2 heterocycles. The molecular weight excluding hydrogens is 476 g/mol. The van der Waals surface area contributed by atoms with Gasteiger partial charge in [-0.1, -0.05) is 30.3 Å². The summed E-state index contributed by atoms with van der Waals surface area (Å²) in [5.41, 5.74) is 4.14. The molecule has 0 saturated carbocycles. The third kappa shape index (κ3) is 5.45. The maximum absolute atomic E-state index is 13.3. The first kappa shape index (κ1) is 25.6. The maximum atomic E-state index is 13.3. The van der Waals surface area contributed by atoms with Gasteiger partial charge in [0.15, 0.2) is 0 Å². The molecule has 3 aromatic carbocycles. The number of anilines is 2. The fraction of sp³-hybridized carbons (Fsp3) is 0.333. The number of aromatic hydroxyl groups is 1. The highest BCUT2D eigenvalue weighted by molar-refractivity contribution is 5.54. The molecule has 8 heteroatoms. The third-order valence-electron chi connectivity index (χ3n) is 7.60. The summed E-state index contributed by atoms with van der Waals surface area (Å²) < 4.78 is 3.17. The lowest BCUT2D eigenvalue weighted by atomic mass is 10.1. The van der Waals surface area contributed by atoms with Crippen LogP contribution in [0.5, 0.6) is 5.75 Å². The van der Waals surface area contributed by atoms with Crippen LogP contribution in [0.4, 0.5) is 11.4 Å². The van der Waals surface area contributed by atoms with Gasteiger partial charge in [0.2, 0.25) is 0 Å². The number of hydrogen-bond acceptors (Lipinski definition) is 6. The van der Waals surface area contributed by atoms with Crippen LogP contribution in [0, 0.1) is 0 Å². The minimum Gasteiger partial charge on any atom is -0.508 e. The molecule has 38 heavy (non-hydrogen) atoms. The van der Waals surface area contributed by atoms with E-state index in [1.54, 1.807) is 27.7 Å². The third-order valence-corrected chi connectivity index (χ3v) is 7.60. The van der Waals surface area contributed by atoms with E-state index in [0.29, 0.717) is 0 Å². The van der Waals surface area contributed by atoms with Gasteiger partial charge in [0, 0.05) is 49.6 Å². The molecule has 8 nitrogen and oxygen atoms in total. The Balaban J connectivity index is 1.22. The SMILES string of the molecule is CC(NC(C)C(C)n1ncn(-c2ccc(N3CCN(c4ccc(O)cc4)CC3)cc2)c1=O)c1ccccc1. The smallest absolute Gasteiger partial charge is 0.350 e. The molecule has 1 aromatic heterocycles. The van der Waals surface area contributed by atoms with E-state index in [2.05, 4.69) is 58.3 Å². The average molecular weight is 513 g/mol. The Morgan fingerprint density at radius 3 is 1.87 bits per heavy atom. The summed E-state index contributed by atoms with van der Waals surface area (Å²) in [6.07, 6.45) is 1.61. The van der Waals surface area contributed by atoms with Gasteiger partial charge in [-0.25, -0.2) is 14.0 Å². The second-order valence-electron chi connectivity index (χ2n) is 10.1. The summed E-state index contributed by atoms with van der Waals surface area (Å²) in [7, 11) is 0. The van der Waals surface area contributed by atoms with Crippen molar-refractivity contribution < 1.29 is 5.11 Å². The zero-order valence-electron chi connectivity index (χ0n) is 22.2. The van der Waals surface area contributed by atoms with E-state index >= 15 is 0 Å². The van der Waals surface area contributed by atoms with Gasteiger partial charge in [-0.3, -0.25) is 0 Å². The lowest BCUT2D eigenvalue weighted by molar-refractivity contribution is 0.334. The van der Waals surface area contributed by atoms with Crippen molar-refractivity contribution in [2.75, 3.05) is 36.0 Å². The fourth-order valence-electron chi connectivity index (χ4n) is 5.07. The molecule has 0 amide bonds. The minimum atomic E-state index is -0.145. The highest BCUT2D eigenvalue weighted by Gasteiger charge is 2.21.